The molecule has 0 radical (unpaired) electrons. The van der Waals surface area contributed by atoms with Gasteiger partial charge in [-0.1, -0.05) is 20.8 Å². The lowest BCUT2D eigenvalue weighted by Gasteiger charge is -2.21. The van der Waals surface area contributed by atoms with Gasteiger partial charge in [-0.05, 0) is 31.0 Å². The molecule has 1 fully saturated rings. The second kappa shape index (κ2) is 10.4. The number of hydrogen-bond acceptors (Lipinski definition) is 4. The lowest BCUT2D eigenvalue weighted by Crippen LogP contribution is -2.30. The number of aromatic nitrogens is 2. The van der Waals surface area contributed by atoms with E-state index in [0.717, 1.165) is 36.7 Å². The van der Waals surface area contributed by atoms with E-state index in [9.17, 15) is 18.0 Å². The number of rotatable bonds is 7. The van der Waals surface area contributed by atoms with Crippen LogP contribution in [0.2, 0.25) is 0 Å². The van der Waals surface area contributed by atoms with Crippen molar-refractivity contribution < 1.29 is 32.2 Å². The van der Waals surface area contributed by atoms with E-state index in [1.165, 1.54) is 7.11 Å². The quantitative estimate of drug-likeness (QED) is 0.557. The summed E-state index contributed by atoms with van der Waals surface area (Å²) in [5.74, 6) is -0.790. The van der Waals surface area contributed by atoms with Crippen LogP contribution in [-0.4, -0.2) is 48.3 Å². The van der Waals surface area contributed by atoms with Gasteiger partial charge < -0.3 is 14.2 Å². The summed E-state index contributed by atoms with van der Waals surface area (Å²) in [5.41, 5.74) is -0.156. The van der Waals surface area contributed by atoms with Crippen LogP contribution in [0.25, 0.3) is 0 Å². The maximum Gasteiger partial charge on any atom is 0.416 e. The second-order valence-electron chi connectivity index (χ2n) is 9.35. The molecule has 3 rings (SSSR count). The van der Waals surface area contributed by atoms with Crippen LogP contribution in [0.15, 0.2) is 29.3 Å². The molecule has 1 aromatic heterocycles. The lowest BCUT2D eigenvalue weighted by atomic mass is 9.92. The molecule has 0 aliphatic carbocycles. The lowest BCUT2D eigenvalue weighted by molar-refractivity contribution is -0.137. The predicted molar refractivity (Wildman–Crippen MR) is 120 cm³/mol. The molecule has 1 atom stereocenters. The topological polar surface area (TPSA) is 67.0 Å². The number of carbonyl (C=O) groups excluding carboxylic acids is 1. The van der Waals surface area contributed by atoms with Gasteiger partial charge in [-0.25, -0.2) is 0 Å². The number of alkyl halides is 3. The third-order valence-corrected chi connectivity index (χ3v) is 5.71. The zero-order chi connectivity index (χ0) is 25.1. The minimum Gasteiger partial charge on any atom is -0.490 e. The Kier molecular flexibility index (Phi) is 7.92. The second-order valence-corrected chi connectivity index (χ2v) is 9.35. The Bertz CT molecular complexity index is 1070. The van der Waals surface area contributed by atoms with E-state index < -0.39 is 17.6 Å². The number of benzene rings is 1. The van der Waals surface area contributed by atoms with Crippen molar-refractivity contribution in [2.24, 2.45) is 12.0 Å². The van der Waals surface area contributed by atoms with E-state index in [1.807, 2.05) is 37.2 Å². The molecule has 0 spiro atoms. The highest BCUT2D eigenvalue weighted by atomic mass is 19.4. The van der Waals surface area contributed by atoms with E-state index in [4.69, 9.17) is 14.2 Å². The third-order valence-electron chi connectivity index (χ3n) is 5.71. The molecule has 1 aliphatic heterocycles. The maximum absolute atomic E-state index is 13.4. The number of hydrogen-bond donors (Lipinski definition) is 0. The van der Waals surface area contributed by atoms with Gasteiger partial charge in [-0.15, -0.1) is 0 Å². The van der Waals surface area contributed by atoms with Crippen LogP contribution < -0.4 is 10.2 Å². The summed E-state index contributed by atoms with van der Waals surface area (Å²) in [6, 6.07) is 4.61. The molecule has 0 bridgehead atoms. The molecule has 188 valence electrons. The van der Waals surface area contributed by atoms with Crippen LogP contribution in [0, 0.1) is 0 Å². The Morgan fingerprint density at radius 1 is 1.21 bits per heavy atom. The average molecular weight is 484 g/mol. The molecule has 0 saturated carbocycles. The first-order chi connectivity index (χ1) is 15.9. The van der Waals surface area contributed by atoms with E-state index in [0.29, 0.717) is 18.6 Å². The van der Waals surface area contributed by atoms with Crippen LogP contribution >= 0.6 is 0 Å². The van der Waals surface area contributed by atoms with Crippen molar-refractivity contribution in [3.05, 3.63) is 46.6 Å². The van der Waals surface area contributed by atoms with Crippen molar-refractivity contribution in [2.75, 3.05) is 26.9 Å². The van der Waals surface area contributed by atoms with E-state index >= 15 is 0 Å². The van der Waals surface area contributed by atoms with Gasteiger partial charge in [0.25, 0.3) is 5.91 Å². The number of ether oxygens (including phenoxy) is 3. The molecule has 1 saturated heterocycles. The summed E-state index contributed by atoms with van der Waals surface area (Å²) >= 11 is 0. The summed E-state index contributed by atoms with van der Waals surface area (Å²) in [5, 5.41) is 0. The molecule has 0 unspecified atom stereocenters. The Balaban J connectivity index is 2.08. The van der Waals surface area contributed by atoms with Crippen molar-refractivity contribution in [3.8, 4) is 5.75 Å². The average Bonchev–Trinajstić information content (AvgIpc) is 3.37. The molecule has 1 amide bonds. The highest BCUT2D eigenvalue weighted by molar-refractivity contribution is 5.97. The standard InChI is InChI=1S/C24H32F3N3O4/c1-23(2,3)20-14-21(30(29(20)4)15-17-7-6-10-33-17)28-22(31)18-13-16(24(25,26)27)8-9-19(18)34-12-11-32-5/h8-9,13-14,17H,6-7,10-12,15H2,1-5H3/b28-21+/t17-/m1/s1. The third kappa shape index (κ3) is 6.09. The molecule has 1 aromatic carbocycles. The van der Waals surface area contributed by atoms with Crippen molar-refractivity contribution in [2.45, 2.75) is 57.9 Å². The van der Waals surface area contributed by atoms with Gasteiger partial charge in [0.05, 0.1) is 30.4 Å². The molecule has 2 heterocycles. The Morgan fingerprint density at radius 3 is 2.53 bits per heavy atom. The van der Waals surface area contributed by atoms with Crippen LogP contribution in [0.4, 0.5) is 13.2 Å². The van der Waals surface area contributed by atoms with Gasteiger partial charge in [-0.2, -0.15) is 18.2 Å². The van der Waals surface area contributed by atoms with Gasteiger partial charge in [0.1, 0.15) is 12.4 Å². The monoisotopic (exact) mass is 483 g/mol. The normalized spacial score (nSPS) is 17.4. The summed E-state index contributed by atoms with van der Waals surface area (Å²) < 4.78 is 60.0. The van der Waals surface area contributed by atoms with Crippen LogP contribution in [0.5, 0.6) is 5.75 Å². The summed E-state index contributed by atoms with van der Waals surface area (Å²) in [6.45, 7) is 7.59. The highest BCUT2D eigenvalue weighted by Crippen LogP contribution is 2.33. The Labute approximate surface area is 197 Å². The molecular weight excluding hydrogens is 451 g/mol. The largest absolute Gasteiger partial charge is 0.490 e. The maximum atomic E-state index is 13.4. The van der Waals surface area contributed by atoms with Crippen molar-refractivity contribution in [3.63, 3.8) is 0 Å². The van der Waals surface area contributed by atoms with Gasteiger partial charge >= 0.3 is 6.18 Å². The van der Waals surface area contributed by atoms with Crippen LogP contribution in [-0.2, 0) is 34.7 Å². The van der Waals surface area contributed by atoms with Crippen LogP contribution in [0.3, 0.4) is 0 Å². The number of amides is 1. The molecule has 1 aliphatic rings. The Hall–Kier alpha value is -2.59. The number of halogens is 3. The van der Waals surface area contributed by atoms with Crippen molar-refractivity contribution >= 4 is 5.91 Å². The SMILES string of the molecule is COCCOc1ccc(C(F)(F)F)cc1C(=O)/N=c1\cc(C(C)(C)C)n(C)n1C[C@H]1CCCO1. The molecule has 34 heavy (non-hydrogen) atoms. The zero-order valence-electron chi connectivity index (χ0n) is 20.2. The zero-order valence-corrected chi connectivity index (χ0v) is 20.2. The molecule has 7 nitrogen and oxygen atoms in total. The molecule has 10 heteroatoms. The smallest absolute Gasteiger partial charge is 0.416 e. The predicted octanol–water partition coefficient (Wildman–Crippen LogP) is 4.09. The van der Waals surface area contributed by atoms with Crippen LogP contribution in [0.1, 0.15) is 55.2 Å². The minimum atomic E-state index is -4.61. The first kappa shape index (κ1) is 26.0. The van der Waals surface area contributed by atoms with Gasteiger partial charge in [0, 0.05) is 37.9 Å². The van der Waals surface area contributed by atoms with E-state index in [2.05, 4.69) is 4.99 Å². The fourth-order valence-corrected chi connectivity index (χ4v) is 3.96. The Morgan fingerprint density at radius 2 is 1.94 bits per heavy atom. The fourth-order valence-electron chi connectivity index (χ4n) is 3.96. The van der Waals surface area contributed by atoms with Gasteiger partial charge in [0.2, 0.25) is 0 Å². The molecular formula is C24H32F3N3O4. The van der Waals surface area contributed by atoms with E-state index in [-0.39, 0.29) is 36.0 Å². The van der Waals surface area contributed by atoms with Gasteiger partial charge in [0.15, 0.2) is 5.49 Å². The minimum absolute atomic E-state index is 0.0167. The molecule has 2 aromatic rings. The summed E-state index contributed by atoms with van der Waals surface area (Å²) in [4.78, 5) is 17.5. The summed E-state index contributed by atoms with van der Waals surface area (Å²) in [6.07, 6.45) is -2.77. The fraction of sp³-hybridized carbons (Fsp3) is 0.583. The van der Waals surface area contributed by atoms with Crippen molar-refractivity contribution in [1.29, 1.82) is 0 Å². The first-order valence-corrected chi connectivity index (χ1v) is 11.2. The molecule has 0 N–H and O–H groups in total. The van der Waals surface area contributed by atoms with Crippen molar-refractivity contribution in [1.82, 2.24) is 9.36 Å². The summed E-state index contributed by atoms with van der Waals surface area (Å²) in [7, 11) is 3.36. The number of methoxy groups -OCH3 is 1. The highest BCUT2D eigenvalue weighted by Gasteiger charge is 2.32. The number of nitrogens with zero attached hydrogens (tertiary/aromatic N) is 3. The first-order valence-electron chi connectivity index (χ1n) is 11.2. The van der Waals surface area contributed by atoms with Gasteiger partial charge in [-0.3, -0.25) is 14.2 Å². The number of carbonyl (C=O) groups is 1. The van der Waals surface area contributed by atoms with E-state index in [1.54, 1.807) is 6.07 Å².